The van der Waals surface area contributed by atoms with Crippen LogP contribution in [-0.4, -0.2) is 28.4 Å². The monoisotopic (exact) mass is 390 g/mol. The first-order valence-electron chi connectivity index (χ1n) is 9.25. The van der Waals surface area contributed by atoms with E-state index in [-0.39, 0.29) is 25.0 Å². The van der Waals surface area contributed by atoms with Crippen molar-refractivity contribution < 1.29 is 19.1 Å². The summed E-state index contributed by atoms with van der Waals surface area (Å²) in [5.41, 5.74) is 3.06. The van der Waals surface area contributed by atoms with Gasteiger partial charge in [0.25, 0.3) is 0 Å². The first-order valence-corrected chi connectivity index (χ1v) is 9.25. The van der Waals surface area contributed by atoms with Crippen molar-refractivity contribution in [3.63, 3.8) is 0 Å². The summed E-state index contributed by atoms with van der Waals surface area (Å²) in [6.45, 7) is 2.05. The van der Waals surface area contributed by atoms with Gasteiger partial charge in [-0.2, -0.15) is 5.10 Å². The molecule has 3 heterocycles. The van der Waals surface area contributed by atoms with Crippen molar-refractivity contribution in [2.75, 3.05) is 17.4 Å². The molecule has 0 radical (unpaired) electrons. The van der Waals surface area contributed by atoms with Crippen LogP contribution in [0.2, 0.25) is 0 Å². The summed E-state index contributed by atoms with van der Waals surface area (Å²) < 4.78 is 12.2. The Morgan fingerprint density at radius 1 is 1.17 bits per heavy atom. The van der Waals surface area contributed by atoms with Crippen molar-refractivity contribution in [2.24, 2.45) is 0 Å². The van der Waals surface area contributed by atoms with Crippen LogP contribution < -0.4 is 20.1 Å². The second-order valence-electron chi connectivity index (χ2n) is 6.96. The molecule has 8 heteroatoms. The number of nitrogens with zero attached hydrogens (tertiary/aromatic N) is 2. The van der Waals surface area contributed by atoms with Gasteiger partial charge in [-0.3, -0.25) is 9.59 Å². The van der Waals surface area contributed by atoms with Crippen LogP contribution in [0.5, 0.6) is 11.5 Å². The topological polar surface area (TPSA) is 94.5 Å². The fourth-order valence-corrected chi connectivity index (χ4v) is 3.61. The summed E-state index contributed by atoms with van der Waals surface area (Å²) in [7, 11) is 0. The summed E-state index contributed by atoms with van der Waals surface area (Å²) in [4.78, 5) is 25.3. The number of benzene rings is 2. The zero-order valence-electron chi connectivity index (χ0n) is 15.6. The van der Waals surface area contributed by atoms with E-state index in [1.807, 2.05) is 37.3 Å². The van der Waals surface area contributed by atoms with Crippen molar-refractivity contribution in [1.82, 2.24) is 9.78 Å². The number of anilines is 2. The molecule has 2 aliphatic heterocycles. The lowest BCUT2D eigenvalue weighted by Gasteiger charge is -2.24. The number of hydrogen-bond acceptors (Lipinski definition) is 5. The number of carbonyl (C=O) groups is 2. The molecule has 29 heavy (non-hydrogen) atoms. The summed E-state index contributed by atoms with van der Waals surface area (Å²) in [5, 5.41) is 10.4. The molecule has 0 unspecified atom stereocenters. The van der Waals surface area contributed by atoms with Crippen molar-refractivity contribution >= 4 is 23.3 Å². The first kappa shape index (κ1) is 17.3. The number of fused-ring (bicyclic) bond motifs is 2. The minimum absolute atomic E-state index is 0.0126. The normalized spacial score (nSPS) is 16.9. The SMILES string of the molecule is Cc1c(-c2ccccc2)nn2c1NC(=O)C[C@@H]2C(=O)Nc1ccc2c(c1)OCO2. The molecule has 0 fully saturated rings. The highest BCUT2D eigenvalue weighted by Crippen LogP contribution is 2.36. The molecule has 1 atom stereocenters. The Balaban J connectivity index is 1.47. The van der Waals surface area contributed by atoms with Gasteiger partial charge in [0.15, 0.2) is 11.5 Å². The van der Waals surface area contributed by atoms with Crippen molar-refractivity contribution in [2.45, 2.75) is 19.4 Å². The number of nitrogens with one attached hydrogen (secondary N) is 2. The smallest absolute Gasteiger partial charge is 0.249 e. The van der Waals surface area contributed by atoms with Gasteiger partial charge < -0.3 is 20.1 Å². The molecule has 0 aliphatic carbocycles. The van der Waals surface area contributed by atoms with Gasteiger partial charge in [0.05, 0.1) is 12.1 Å². The third-order valence-corrected chi connectivity index (χ3v) is 5.07. The molecule has 2 amide bonds. The molecule has 2 aliphatic rings. The van der Waals surface area contributed by atoms with Crippen molar-refractivity contribution in [3.8, 4) is 22.8 Å². The molecule has 0 bridgehead atoms. The van der Waals surface area contributed by atoms with E-state index in [0.717, 1.165) is 16.8 Å². The number of ether oxygens (including phenoxy) is 2. The maximum atomic E-state index is 13.0. The Morgan fingerprint density at radius 2 is 1.97 bits per heavy atom. The average molecular weight is 390 g/mol. The zero-order chi connectivity index (χ0) is 20.0. The van der Waals surface area contributed by atoms with Crippen molar-refractivity contribution in [1.29, 1.82) is 0 Å². The predicted octanol–water partition coefficient (Wildman–Crippen LogP) is 3.11. The minimum atomic E-state index is -0.750. The van der Waals surface area contributed by atoms with E-state index in [1.54, 1.807) is 22.9 Å². The molecule has 1 aromatic heterocycles. The molecule has 8 nitrogen and oxygen atoms in total. The predicted molar refractivity (Wildman–Crippen MR) is 106 cm³/mol. The molecule has 2 N–H and O–H groups in total. The maximum Gasteiger partial charge on any atom is 0.249 e. The van der Waals surface area contributed by atoms with Crippen LogP contribution in [0.3, 0.4) is 0 Å². The van der Waals surface area contributed by atoms with E-state index in [4.69, 9.17) is 9.47 Å². The molecule has 0 saturated carbocycles. The fraction of sp³-hybridized carbons (Fsp3) is 0.190. The average Bonchev–Trinajstić information content (AvgIpc) is 3.32. The van der Waals surface area contributed by atoms with Gasteiger partial charge in [0, 0.05) is 22.9 Å². The van der Waals surface area contributed by atoms with Crippen LogP contribution in [0.15, 0.2) is 48.5 Å². The molecule has 0 spiro atoms. The second kappa shape index (κ2) is 6.66. The Labute approximate surface area is 166 Å². The number of rotatable bonds is 3. The summed E-state index contributed by atoms with van der Waals surface area (Å²) in [6, 6.07) is 14.1. The van der Waals surface area contributed by atoms with Gasteiger partial charge in [-0.15, -0.1) is 0 Å². The summed E-state index contributed by atoms with van der Waals surface area (Å²) in [6.07, 6.45) is 0.0126. The van der Waals surface area contributed by atoms with E-state index in [2.05, 4.69) is 15.7 Å². The second-order valence-corrected chi connectivity index (χ2v) is 6.96. The fourth-order valence-electron chi connectivity index (χ4n) is 3.61. The van der Waals surface area contributed by atoms with Crippen LogP contribution in [-0.2, 0) is 9.59 Å². The van der Waals surface area contributed by atoms with Crippen molar-refractivity contribution in [3.05, 3.63) is 54.1 Å². The quantitative estimate of drug-likeness (QED) is 0.717. The van der Waals surface area contributed by atoms with E-state index >= 15 is 0 Å². The molecule has 3 aromatic rings. The van der Waals surface area contributed by atoms with Gasteiger partial charge >= 0.3 is 0 Å². The molecule has 2 aromatic carbocycles. The number of carbonyl (C=O) groups excluding carboxylic acids is 2. The molecular weight excluding hydrogens is 372 g/mol. The Hall–Kier alpha value is -3.81. The Bertz CT molecular complexity index is 1120. The van der Waals surface area contributed by atoms with Crippen LogP contribution in [0.4, 0.5) is 11.5 Å². The number of aromatic nitrogens is 2. The molecule has 5 rings (SSSR count). The van der Waals surface area contributed by atoms with Gasteiger partial charge in [-0.25, -0.2) is 4.68 Å². The largest absolute Gasteiger partial charge is 0.454 e. The highest BCUT2D eigenvalue weighted by Gasteiger charge is 2.34. The summed E-state index contributed by atoms with van der Waals surface area (Å²) in [5.74, 6) is 1.22. The van der Waals surface area contributed by atoms with E-state index in [9.17, 15) is 9.59 Å². The lowest BCUT2D eigenvalue weighted by Crippen LogP contribution is -2.35. The molecule has 0 saturated heterocycles. The minimum Gasteiger partial charge on any atom is -0.454 e. The Morgan fingerprint density at radius 3 is 2.79 bits per heavy atom. The highest BCUT2D eigenvalue weighted by atomic mass is 16.7. The zero-order valence-corrected chi connectivity index (χ0v) is 15.6. The van der Waals surface area contributed by atoms with Gasteiger partial charge in [-0.1, -0.05) is 30.3 Å². The number of amides is 2. The molecular formula is C21H18N4O4. The standard InChI is InChI=1S/C21H18N4O4/c1-12-19(13-5-3-2-4-6-13)24-25-15(10-18(26)23-20(12)25)21(27)22-14-7-8-16-17(9-14)29-11-28-16/h2-9,15H,10-11H2,1H3,(H,22,27)(H,23,26)/t15-/m1/s1. The summed E-state index contributed by atoms with van der Waals surface area (Å²) >= 11 is 0. The molecule has 146 valence electrons. The van der Waals surface area contributed by atoms with E-state index in [1.165, 1.54) is 0 Å². The van der Waals surface area contributed by atoms with Crippen LogP contribution in [0.1, 0.15) is 18.0 Å². The van der Waals surface area contributed by atoms with E-state index in [0.29, 0.717) is 23.0 Å². The van der Waals surface area contributed by atoms with Gasteiger partial charge in [0.2, 0.25) is 18.6 Å². The van der Waals surface area contributed by atoms with Gasteiger partial charge in [-0.05, 0) is 19.1 Å². The van der Waals surface area contributed by atoms with E-state index < -0.39 is 6.04 Å². The third-order valence-electron chi connectivity index (χ3n) is 5.07. The van der Waals surface area contributed by atoms with Crippen LogP contribution >= 0.6 is 0 Å². The lowest BCUT2D eigenvalue weighted by molar-refractivity contribution is -0.125. The van der Waals surface area contributed by atoms with Crippen LogP contribution in [0.25, 0.3) is 11.3 Å². The van der Waals surface area contributed by atoms with Gasteiger partial charge in [0.1, 0.15) is 11.9 Å². The number of hydrogen-bond donors (Lipinski definition) is 2. The Kier molecular flexibility index (Phi) is 3.97. The third kappa shape index (κ3) is 2.98. The van der Waals surface area contributed by atoms with Crippen LogP contribution in [0, 0.1) is 6.92 Å². The maximum absolute atomic E-state index is 13.0. The highest BCUT2D eigenvalue weighted by molar-refractivity contribution is 6.02. The first-order chi connectivity index (χ1) is 14.1. The lowest BCUT2D eigenvalue weighted by atomic mass is 10.1.